The number of rotatable bonds is 7. The van der Waals surface area contributed by atoms with Gasteiger partial charge in [-0.2, -0.15) is 13.2 Å². The molecule has 1 rings (SSSR count). The van der Waals surface area contributed by atoms with Crippen LogP contribution in [0.25, 0.3) is 0 Å². The minimum absolute atomic E-state index is 0.0251. The Kier molecular flexibility index (Phi) is 4.98. The molecule has 0 bridgehead atoms. The van der Waals surface area contributed by atoms with Gasteiger partial charge in [0.25, 0.3) is 0 Å². The number of nitrogens with zero attached hydrogens (tertiary/aromatic N) is 1. The fraction of sp³-hybridized carbons (Fsp3) is 0.909. The molecule has 0 aromatic rings. The summed E-state index contributed by atoms with van der Waals surface area (Å²) in [4.78, 5) is 12.6. The van der Waals surface area contributed by atoms with Crippen molar-refractivity contribution in [3.63, 3.8) is 0 Å². The van der Waals surface area contributed by atoms with Gasteiger partial charge < -0.3 is 15.4 Å². The summed E-state index contributed by atoms with van der Waals surface area (Å²) in [6, 6.07) is 0. The van der Waals surface area contributed by atoms with Crippen LogP contribution in [-0.2, 0) is 9.53 Å². The molecule has 0 radical (unpaired) electrons. The van der Waals surface area contributed by atoms with Gasteiger partial charge in [0.1, 0.15) is 6.54 Å². The van der Waals surface area contributed by atoms with Crippen LogP contribution in [0.1, 0.15) is 26.2 Å². The van der Waals surface area contributed by atoms with Gasteiger partial charge in [-0.25, -0.2) is 0 Å². The quantitative estimate of drug-likeness (QED) is 0.708. The van der Waals surface area contributed by atoms with E-state index in [1.54, 1.807) is 6.92 Å². The van der Waals surface area contributed by atoms with Gasteiger partial charge in [-0.15, -0.1) is 0 Å². The lowest BCUT2D eigenvalue weighted by atomic mass is 10.2. The van der Waals surface area contributed by atoms with Crippen molar-refractivity contribution < 1.29 is 22.7 Å². The van der Waals surface area contributed by atoms with Gasteiger partial charge in [0, 0.05) is 19.8 Å². The van der Waals surface area contributed by atoms with Crippen molar-refractivity contribution >= 4 is 5.91 Å². The molecule has 1 aliphatic carbocycles. The van der Waals surface area contributed by atoms with Crippen LogP contribution >= 0.6 is 0 Å². The lowest BCUT2D eigenvalue weighted by Gasteiger charge is -2.26. The zero-order valence-electron chi connectivity index (χ0n) is 10.4. The molecule has 0 aromatic heterocycles. The second kappa shape index (κ2) is 5.88. The molecule has 4 nitrogen and oxygen atoms in total. The van der Waals surface area contributed by atoms with Crippen LogP contribution in [0.2, 0.25) is 0 Å². The summed E-state index contributed by atoms with van der Waals surface area (Å²) in [5.74, 6) is -0.601. The molecular formula is C11H19F3N2O2. The van der Waals surface area contributed by atoms with Gasteiger partial charge in [-0.05, 0) is 26.2 Å². The average Bonchev–Trinajstić information content (AvgIpc) is 3.00. The van der Waals surface area contributed by atoms with E-state index in [9.17, 15) is 18.0 Å². The monoisotopic (exact) mass is 268 g/mol. The van der Waals surface area contributed by atoms with E-state index in [2.05, 4.69) is 0 Å². The summed E-state index contributed by atoms with van der Waals surface area (Å²) in [6.45, 7) is 1.44. The van der Waals surface area contributed by atoms with Crippen molar-refractivity contribution in [3.8, 4) is 0 Å². The number of halogens is 3. The Morgan fingerprint density at radius 2 is 2.06 bits per heavy atom. The van der Waals surface area contributed by atoms with E-state index in [0.717, 1.165) is 4.90 Å². The molecule has 0 spiro atoms. The highest BCUT2D eigenvalue weighted by Crippen LogP contribution is 2.35. The molecule has 0 aliphatic heterocycles. The van der Waals surface area contributed by atoms with E-state index in [1.165, 1.54) is 0 Å². The number of hydrogen-bond acceptors (Lipinski definition) is 3. The largest absolute Gasteiger partial charge is 0.406 e. The average molecular weight is 268 g/mol. The second-order valence-electron chi connectivity index (χ2n) is 4.55. The van der Waals surface area contributed by atoms with Gasteiger partial charge in [-0.3, -0.25) is 4.79 Å². The van der Waals surface area contributed by atoms with E-state index in [0.29, 0.717) is 32.5 Å². The van der Waals surface area contributed by atoms with Crippen molar-refractivity contribution in [1.82, 2.24) is 4.90 Å². The van der Waals surface area contributed by atoms with Crippen LogP contribution in [0, 0.1) is 0 Å². The molecule has 18 heavy (non-hydrogen) atoms. The molecule has 1 amide bonds. The van der Waals surface area contributed by atoms with E-state index in [4.69, 9.17) is 10.5 Å². The molecule has 0 unspecified atom stereocenters. The summed E-state index contributed by atoms with van der Waals surface area (Å²) in [6.07, 6.45) is -3.09. The zero-order chi connectivity index (χ0) is 13.8. The van der Waals surface area contributed by atoms with Gasteiger partial charge >= 0.3 is 6.18 Å². The smallest absolute Gasteiger partial charge is 0.382 e. The standard InChI is InChI=1S/C11H19F3N2O2/c1-2-18-7-3-6-16(8-11(12,13)14)9(17)10(15)4-5-10/h2-8,15H2,1H3. The molecule has 2 N–H and O–H groups in total. The first-order valence-electron chi connectivity index (χ1n) is 6.01. The number of hydrogen-bond donors (Lipinski definition) is 1. The molecule has 0 saturated heterocycles. The fourth-order valence-electron chi connectivity index (χ4n) is 1.63. The minimum Gasteiger partial charge on any atom is -0.382 e. The lowest BCUT2D eigenvalue weighted by Crippen LogP contribution is -2.49. The van der Waals surface area contributed by atoms with Crippen LogP contribution in [0.3, 0.4) is 0 Å². The van der Waals surface area contributed by atoms with Crippen LogP contribution in [0.5, 0.6) is 0 Å². The van der Waals surface area contributed by atoms with Crippen molar-refractivity contribution in [2.75, 3.05) is 26.3 Å². The van der Waals surface area contributed by atoms with Crippen LogP contribution < -0.4 is 5.73 Å². The highest BCUT2D eigenvalue weighted by molar-refractivity contribution is 5.89. The normalized spacial score (nSPS) is 17.6. The maximum atomic E-state index is 12.4. The lowest BCUT2D eigenvalue weighted by molar-refractivity contribution is -0.163. The van der Waals surface area contributed by atoms with Crippen molar-refractivity contribution in [1.29, 1.82) is 0 Å². The van der Waals surface area contributed by atoms with Crippen LogP contribution in [0.15, 0.2) is 0 Å². The molecule has 1 saturated carbocycles. The first kappa shape index (κ1) is 15.2. The number of alkyl halides is 3. The van der Waals surface area contributed by atoms with E-state index >= 15 is 0 Å². The Hall–Kier alpha value is -0.820. The van der Waals surface area contributed by atoms with Crippen molar-refractivity contribution in [2.24, 2.45) is 5.73 Å². The van der Waals surface area contributed by atoms with Gasteiger partial charge in [0.15, 0.2) is 0 Å². The Balaban J connectivity index is 2.49. The Labute approximate surface area is 104 Å². The SMILES string of the molecule is CCOCCCN(CC(F)(F)F)C(=O)C1(N)CC1. The predicted molar refractivity (Wildman–Crippen MR) is 59.9 cm³/mol. The third-order valence-corrected chi connectivity index (χ3v) is 2.79. The molecule has 0 atom stereocenters. The summed E-state index contributed by atoms with van der Waals surface area (Å²) < 4.78 is 42.2. The first-order chi connectivity index (χ1) is 8.28. The topological polar surface area (TPSA) is 55.6 Å². The molecule has 0 aromatic carbocycles. The summed E-state index contributed by atoms with van der Waals surface area (Å²) >= 11 is 0. The molecule has 1 fully saturated rings. The van der Waals surface area contributed by atoms with Crippen LogP contribution in [0.4, 0.5) is 13.2 Å². The maximum absolute atomic E-state index is 12.4. The number of ether oxygens (including phenoxy) is 1. The van der Waals surface area contributed by atoms with Crippen LogP contribution in [-0.4, -0.2) is 48.8 Å². The molecule has 1 aliphatic rings. The Morgan fingerprint density at radius 3 is 2.50 bits per heavy atom. The maximum Gasteiger partial charge on any atom is 0.406 e. The fourth-order valence-corrected chi connectivity index (χ4v) is 1.63. The van der Waals surface area contributed by atoms with Crippen molar-refractivity contribution in [2.45, 2.75) is 37.9 Å². The van der Waals surface area contributed by atoms with Gasteiger partial charge in [0.05, 0.1) is 5.54 Å². The molecular weight excluding hydrogens is 249 g/mol. The van der Waals surface area contributed by atoms with Gasteiger partial charge in [-0.1, -0.05) is 0 Å². The highest BCUT2D eigenvalue weighted by Gasteiger charge is 2.49. The highest BCUT2D eigenvalue weighted by atomic mass is 19.4. The number of carbonyl (C=O) groups is 1. The van der Waals surface area contributed by atoms with Crippen molar-refractivity contribution in [3.05, 3.63) is 0 Å². The number of amides is 1. The Morgan fingerprint density at radius 1 is 1.44 bits per heavy atom. The van der Waals surface area contributed by atoms with E-state index in [-0.39, 0.29) is 6.54 Å². The molecule has 106 valence electrons. The number of carbonyl (C=O) groups excluding carboxylic acids is 1. The Bertz CT molecular complexity index is 291. The zero-order valence-corrected chi connectivity index (χ0v) is 10.4. The van der Waals surface area contributed by atoms with E-state index in [1.807, 2.05) is 0 Å². The summed E-state index contributed by atoms with van der Waals surface area (Å²) in [5.41, 5.74) is 4.59. The second-order valence-corrected chi connectivity index (χ2v) is 4.55. The van der Waals surface area contributed by atoms with E-state index < -0.39 is 24.2 Å². The molecule has 0 heterocycles. The summed E-state index contributed by atoms with van der Waals surface area (Å²) in [7, 11) is 0. The summed E-state index contributed by atoms with van der Waals surface area (Å²) in [5, 5.41) is 0. The first-order valence-corrected chi connectivity index (χ1v) is 6.01. The molecule has 7 heteroatoms. The van der Waals surface area contributed by atoms with Gasteiger partial charge in [0.2, 0.25) is 5.91 Å². The minimum atomic E-state index is -4.40. The number of nitrogens with two attached hydrogens (primary N) is 1. The third-order valence-electron chi connectivity index (χ3n) is 2.79. The predicted octanol–water partition coefficient (Wildman–Crippen LogP) is 1.30. The third kappa shape index (κ3) is 4.81.